The van der Waals surface area contributed by atoms with Gasteiger partial charge in [-0.1, -0.05) is 37.3 Å². The van der Waals surface area contributed by atoms with Gasteiger partial charge in [0.05, 0.1) is 12.1 Å². The number of thiazole rings is 1. The molecule has 0 aliphatic heterocycles. The number of nitrogens with zero attached hydrogens (tertiary/aromatic N) is 1. The fourth-order valence-corrected chi connectivity index (χ4v) is 2.90. The van der Waals surface area contributed by atoms with E-state index in [-0.39, 0.29) is 18.7 Å². The maximum absolute atomic E-state index is 12.0. The van der Waals surface area contributed by atoms with E-state index < -0.39 is 12.0 Å². The Labute approximate surface area is 133 Å². The van der Waals surface area contributed by atoms with Crippen LogP contribution in [0.25, 0.3) is 0 Å². The lowest BCUT2D eigenvalue weighted by Gasteiger charge is -2.14. The highest BCUT2D eigenvalue weighted by Crippen LogP contribution is 2.11. The van der Waals surface area contributed by atoms with Crippen LogP contribution in [0.1, 0.15) is 23.2 Å². The topological polar surface area (TPSA) is 79.3 Å². The van der Waals surface area contributed by atoms with Crippen molar-refractivity contribution in [2.24, 2.45) is 0 Å². The molecule has 5 nitrogen and oxygen atoms in total. The first-order valence-electron chi connectivity index (χ1n) is 7.08. The molecule has 0 aliphatic carbocycles. The van der Waals surface area contributed by atoms with Gasteiger partial charge in [-0.15, -0.1) is 11.3 Å². The van der Waals surface area contributed by atoms with Crippen LogP contribution in [0.15, 0.2) is 35.7 Å². The Morgan fingerprint density at radius 1 is 1.32 bits per heavy atom. The first-order valence-corrected chi connectivity index (χ1v) is 7.95. The normalized spacial score (nSPS) is 11.9. The number of aryl methyl sites for hydroxylation is 1. The van der Waals surface area contributed by atoms with Crippen molar-refractivity contribution in [2.45, 2.75) is 32.2 Å². The van der Waals surface area contributed by atoms with Crippen molar-refractivity contribution in [3.63, 3.8) is 0 Å². The maximum atomic E-state index is 12.0. The standard InChI is InChI=1S/C16H18N2O3S/c1-2-12-10-22-15(17-12)9-14(19)18-13(16(20)21)8-11-6-4-3-5-7-11/h3-7,10,13H,2,8-9H2,1H3,(H,18,19)(H,20,21)/t13-/m0/s1. The van der Waals surface area contributed by atoms with Gasteiger partial charge < -0.3 is 10.4 Å². The van der Waals surface area contributed by atoms with Gasteiger partial charge in [-0.3, -0.25) is 4.79 Å². The first kappa shape index (κ1) is 16.2. The monoisotopic (exact) mass is 318 g/mol. The van der Waals surface area contributed by atoms with E-state index >= 15 is 0 Å². The number of hydrogen-bond acceptors (Lipinski definition) is 4. The number of carboxylic acids is 1. The average Bonchev–Trinajstić information content (AvgIpc) is 2.95. The van der Waals surface area contributed by atoms with Gasteiger partial charge in [0.15, 0.2) is 0 Å². The van der Waals surface area contributed by atoms with E-state index in [1.807, 2.05) is 42.6 Å². The number of aromatic nitrogens is 1. The third-order valence-electron chi connectivity index (χ3n) is 3.19. The molecule has 1 aromatic carbocycles. The van der Waals surface area contributed by atoms with E-state index in [2.05, 4.69) is 10.3 Å². The fourth-order valence-electron chi connectivity index (χ4n) is 2.03. The number of rotatable bonds is 7. The molecule has 116 valence electrons. The molecule has 22 heavy (non-hydrogen) atoms. The van der Waals surface area contributed by atoms with Crippen molar-refractivity contribution in [1.29, 1.82) is 0 Å². The molecule has 1 amide bonds. The van der Waals surface area contributed by atoms with Crippen LogP contribution in [-0.4, -0.2) is 28.0 Å². The molecule has 6 heteroatoms. The molecule has 0 bridgehead atoms. The number of amides is 1. The summed E-state index contributed by atoms with van der Waals surface area (Å²) >= 11 is 1.42. The molecule has 2 N–H and O–H groups in total. The molecule has 0 spiro atoms. The highest BCUT2D eigenvalue weighted by Gasteiger charge is 2.21. The van der Waals surface area contributed by atoms with Gasteiger partial charge in [-0.2, -0.15) is 0 Å². The second-order valence-electron chi connectivity index (χ2n) is 4.91. The number of carbonyl (C=O) groups is 2. The van der Waals surface area contributed by atoms with Gasteiger partial charge in [0.1, 0.15) is 11.0 Å². The van der Waals surface area contributed by atoms with Crippen LogP contribution in [0.2, 0.25) is 0 Å². The zero-order valence-electron chi connectivity index (χ0n) is 12.3. The van der Waals surface area contributed by atoms with E-state index in [1.165, 1.54) is 11.3 Å². The lowest BCUT2D eigenvalue weighted by molar-refractivity contribution is -0.141. The Hall–Kier alpha value is -2.21. The maximum Gasteiger partial charge on any atom is 0.326 e. The van der Waals surface area contributed by atoms with E-state index in [0.29, 0.717) is 5.01 Å². The molecule has 0 fully saturated rings. The van der Waals surface area contributed by atoms with Gasteiger partial charge in [-0.05, 0) is 12.0 Å². The molecular weight excluding hydrogens is 300 g/mol. The minimum absolute atomic E-state index is 0.114. The van der Waals surface area contributed by atoms with Crippen LogP contribution in [0.5, 0.6) is 0 Å². The number of benzene rings is 1. The second-order valence-corrected chi connectivity index (χ2v) is 5.85. The molecule has 0 saturated carbocycles. The quantitative estimate of drug-likeness (QED) is 0.819. The number of hydrogen-bond donors (Lipinski definition) is 2. The largest absolute Gasteiger partial charge is 0.480 e. The predicted octanol–water partition coefficient (Wildman–Crippen LogP) is 2.06. The fraction of sp³-hybridized carbons (Fsp3) is 0.312. The second kappa shape index (κ2) is 7.70. The smallest absolute Gasteiger partial charge is 0.326 e. The van der Waals surface area contributed by atoms with Crippen molar-refractivity contribution in [2.75, 3.05) is 0 Å². The Morgan fingerprint density at radius 2 is 2.05 bits per heavy atom. The molecule has 0 radical (unpaired) electrons. The highest BCUT2D eigenvalue weighted by atomic mass is 32.1. The first-order chi connectivity index (χ1) is 10.6. The van der Waals surface area contributed by atoms with E-state index in [4.69, 9.17) is 0 Å². The van der Waals surface area contributed by atoms with Crippen molar-refractivity contribution < 1.29 is 14.7 Å². The molecule has 0 aliphatic rings. The summed E-state index contributed by atoms with van der Waals surface area (Å²) in [6, 6.07) is 8.31. The average molecular weight is 318 g/mol. The summed E-state index contributed by atoms with van der Waals surface area (Å²) in [5.74, 6) is -1.36. The summed E-state index contributed by atoms with van der Waals surface area (Å²) in [5.41, 5.74) is 1.82. The minimum atomic E-state index is -1.04. The Morgan fingerprint density at radius 3 is 2.64 bits per heavy atom. The summed E-state index contributed by atoms with van der Waals surface area (Å²) in [7, 11) is 0. The van der Waals surface area contributed by atoms with Crippen LogP contribution in [-0.2, 0) is 28.9 Å². The van der Waals surface area contributed by atoms with Gasteiger partial charge in [-0.25, -0.2) is 9.78 Å². The number of aliphatic carboxylic acids is 1. The predicted molar refractivity (Wildman–Crippen MR) is 84.9 cm³/mol. The lowest BCUT2D eigenvalue weighted by atomic mass is 10.1. The van der Waals surface area contributed by atoms with E-state index in [1.54, 1.807) is 0 Å². The van der Waals surface area contributed by atoms with Crippen molar-refractivity contribution in [3.05, 3.63) is 52.0 Å². The summed E-state index contributed by atoms with van der Waals surface area (Å²) in [4.78, 5) is 27.6. The zero-order valence-corrected chi connectivity index (χ0v) is 13.1. The zero-order chi connectivity index (χ0) is 15.9. The summed E-state index contributed by atoms with van der Waals surface area (Å²) < 4.78 is 0. The van der Waals surface area contributed by atoms with E-state index in [9.17, 15) is 14.7 Å². The SMILES string of the molecule is CCc1csc(CC(=O)N[C@@H](Cc2ccccc2)C(=O)O)n1. The number of carbonyl (C=O) groups excluding carboxylic acids is 1. The Balaban J connectivity index is 1.95. The Bertz CT molecular complexity index is 640. The highest BCUT2D eigenvalue weighted by molar-refractivity contribution is 7.09. The van der Waals surface area contributed by atoms with Crippen molar-refractivity contribution in [1.82, 2.24) is 10.3 Å². The molecule has 0 saturated heterocycles. The van der Waals surface area contributed by atoms with Crippen LogP contribution in [0.3, 0.4) is 0 Å². The molecule has 2 aromatic rings. The van der Waals surface area contributed by atoms with Gasteiger partial charge >= 0.3 is 5.97 Å². The molecule has 0 unspecified atom stereocenters. The summed E-state index contributed by atoms with van der Waals surface area (Å²) in [6.07, 6.45) is 1.20. The molecule has 2 rings (SSSR count). The van der Waals surface area contributed by atoms with E-state index in [0.717, 1.165) is 17.7 Å². The number of carboxylic acid groups (broad SMARTS) is 1. The van der Waals surface area contributed by atoms with Crippen LogP contribution >= 0.6 is 11.3 Å². The lowest BCUT2D eigenvalue weighted by Crippen LogP contribution is -2.43. The molecule has 1 aromatic heterocycles. The summed E-state index contributed by atoms with van der Waals surface area (Å²) in [5, 5.41) is 14.5. The minimum Gasteiger partial charge on any atom is -0.480 e. The van der Waals surface area contributed by atoms with Crippen LogP contribution in [0, 0.1) is 0 Å². The molecule has 1 atom stereocenters. The van der Waals surface area contributed by atoms with Gasteiger partial charge in [0.25, 0.3) is 0 Å². The van der Waals surface area contributed by atoms with Gasteiger partial charge in [0.2, 0.25) is 5.91 Å². The number of nitrogens with one attached hydrogen (secondary N) is 1. The Kier molecular flexibility index (Phi) is 5.66. The van der Waals surface area contributed by atoms with Gasteiger partial charge in [0, 0.05) is 11.8 Å². The van der Waals surface area contributed by atoms with Crippen LogP contribution < -0.4 is 5.32 Å². The van der Waals surface area contributed by atoms with Crippen LogP contribution in [0.4, 0.5) is 0 Å². The molecular formula is C16H18N2O3S. The van der Waals surface area contributed by atoms with Crippen molar-refractivity contribution >= 4 is 23.2 Å². The molecule has 1 heterocycles. The third kappa shape index (κ3) is 4.66. The van der Waals surface area contributed by atoms with Crippen molar-refractivity contribution in [3.8, 4) is 0 Å². The summed E-state index contributed by atoms with van der Waals surface area (Å²) in [6.45, 7) is 2.00. The third-order valence-corrected chi connectivity index (χ3v) is 4.09.